The third-order valence-corrected chi connectivity index (χ3v) is 16.2. The highest BCUT2D eigenvalue weighted by Gasteiger charge is 2.24. The van der Waals surface area contributed by atoms with E-state index in [1.165, 1.54) is 276 Å². The van der Waals surface area contributed by atoms with Gasteiger partial charge in [0.25, 0.3) is 7.82 Å². The van der Waals surface area contributed by atoms with Crippen molar-refractivity contribution in [3.8, 4) is 0 Å². The Hall–Kier alpha value is -0.760. The molecule has 73 heavy (non-hydrogen) atoms. The lowest BCUT2D eigenvalue weighted by molar-refractivity contribution is -0.870. The molecule has 0 fully saturated rings. The summed E-state index contributed by atoms with van der Waals surface area (Å²) in [6.45, 7) is 4.78. The van der Waals surface area contributed by atoms with Gasteiger partial charge >= 0.3 is 0 Å². The van der Waals surface area contributed by atoms with Gasteiger partial charge in [0.15, 0.2) is 0 Å². The van der Waals surface area contributed by atoms with Crippen molar-refractivity contribution in [2.24, 2.45) is 0 Å². The van der Waals surface area contributed by atoms with Crippen LogP contribution in [0.2, 0.25) is 0 Å². The molecule has 0 bridgehead atoms. The van der Waals surface area contributed by atoms with Gasteiger partial charge in [-0.1, -0.05) is 309 Å². The molecule has 436 valence electrons. The van der Waals surface area contributed by atoms with Crippen LogP contribution in [0.1, 0.15) is 341 Å². The second-order valence-electron chi connectivity index (χ2n) is 23.8. The zero-order valence-corrected chi connectivity index (χ0v) is 50.8. The Balaban J connectivity index is 4.04. The number of carbonyl (C=O) groups is 1. The number of quaternary nitrogens is 1. The fraction of sp³-hybridized carbons (Fsp3) is 0.953. The minimum Gasteiger partial charge on any atom is -0.756 e. The first-order chi connectivity index (χ1) is 35.5. The molecule has 0 heterocycles. The van der Waals surface area contributed by atoms with Crippen molar-refractivity contribution in [1.29, 1.82) is 0 Å². The number of aliphatic hydroxyl groups excluding tert-OH is 1. The van der Waals surface area contributed by atoms with E-state index in [0.717, 1.165) is 38.5 Å². The number of likely N-dealkylation sites (N-methyl/N-ethyl adjacent to an activating group) is 1. The molecule has 0 aromatic heterocycles. The lowest BCUT2D eigenvalue weighted by Crippen LogP contribution is -2.46. The van der Waals surface area contributed by atoms with Gasteiger partial charge in [-0.3, -0.25) is 9.36 Å². The molecular weight excluding hydrogens is 924 g/mol. The molecule has 0 aromatic rings. The van der Waals surface area contributed by atoms with Crippen LogP contribution in [0.25, 0.3) is 0 Å². The summed E-state index contributed by atoms with van der Waals surface area (Å²) < 4.78 is 23.5. The number of rotatable bonds is 61. The van der Waals surface area contributed by atoms with Crippen molar-refractivity contribution in [2.75, 3.05) is 40.9 Å². The summed E-state index contributed by atoms with van der Waals surface area (Å²) in [5.41, 5.74) is 0. The highest BCUT2D eigenvalue weighted by molar-refractivity contribution is 7.45. The van der Waals surface area contributed by atoms with E-state index in [-0.39, 0.29) is 19.1 Å². The maximum absolute atomic E-state index is 13.0. The summed E-state index contributed by atoms with van der Waals surface area (Å²) in [5.74, 6) is -0.160. The van der Waals surface area contributed by atoms with Crippen LogP contribution >= 0.6 is 7.82 Å². The van der Waals surface area contributed by atoms with Gasteiger partial charge in [-0.25, -0.2) is 0 Å². The summed E-state index contributed by atoms with van der Waals surface area (Å²) in [5, 5.41) is 14.1. The maximum Gasteiger partial charge on any atom is 0.268 e. The number of phosphoric acid groups is 1. The quantitative estimate of drug-likeness (QED) is 0.0272. The largest absolute Gasteiger partial charge is 0.756 e. The number of hydrogen-bond donors (Lipinski definition) is 2. The van der Waals surface area contributed by atoms with Crippen molar-refractivity contribution in [3.05, 3.63) is 12.2 Å². The lowest BCUT2D eigenvalue weighted by atomic mass is 10.0. The summed E-state index contributed by atoms with van der Waals surface area (Å²) in [7, 11) is 1.32. The van der Waals surface area contributed by atoms with E-state index in [1.807, 2.05) is 21.1 Å². The number of nitrogens with one attached hydrogen (secondary N) is 1. The van der Waals surface area contributed by atoms with Crippen LogP contribution in [-0.4, -0.2) is 68.5 Å². The molecule has 9 heteroatoms. The minimum atomic E-state index is -4.57. The third-order valence-electron chi connectivity index (χ3n) is 15.3. The van der Waals surface area contributed by atoms with Gasteiger partial charge in [-0.15, -0.1) is 0 Å². The second-order valence-corrected chi connectivity index (χ2v) is 25.2. The highest BCUT2D eigenvalue weighted by atomic mass is 31.2. The molecule has 0 aliphatic heterocycles. The molecule has 0 saturated carbocycles. The Morgan fingerprint density at radius 2 is 0.753 bits per heavy atom. The average molecular weight is 1050 g/mol. The normalized spacial score (nSPS) is 13.8. The number of nitrogens with zero attached hydrogens (tertiary/aromatic N) is 1. The number of carbonyl (C=O) groups excluding carboxylic acids is 1. The fourth-order valence-electron chi connectivity index (χ4n) is 10.2. The zero-order chi connectivity index (χ0) is 53.5. The first kappa shape index (κ1) is 72.2. The van der Waals surface area contributed by atoms with Crippen molar-refractivity contribution >= 4 is 13.7 Å². The molecule has 0 aliphatic rings. The number of allylic oxidation sites excluding steroid dienone is 2. The maximum atomic E-state index is 13.0. The Morgan fingerprint density at radius 3 is 1.07 bits per heavy atom. The molecule has 1 amide bonds. The van der Waals surface area contributed by atoms with E-state index in [0.29, 0.717) is 23.9 Å². The number of aliphatic hydroxyl groups is 1. The molecule has 0 radical (unpaired) electrons. The Morgan fingerprint density at radius 1 is 0.466 bits per heavy atom. The van der Waals surface area contributed by atoms with Gasteiger partial charge in [0.05, 0.1) is 39.9 Å². The fourth-order valence-corrected chi connectivity index (χ4v) is 10.9. The average Bonchev–Trinajstić information content (AvgIpc) is 3.35. The van der Waals surface area contributed by atoms with E-state index in [4.69, 9.17) is 9.05 Å². The molecule has 0 rings (SSSR count). The van der Waals surface area contributed by atoms with Crippen LogP contribution in [-0.2, 0) is 18.4 Å². The third kappa shape index (κ3) is 58.8. The standard InChI is InChI=1S/C64H129N2O6P/c1-6-8-10-12-14-16-18-20-22-24-26-28-29-30-31-32-33-34-35-36-38-39-41-43-45-47-49-51-53-55-57-63(67)62(61-72-73(69,70)71-60-59-66(3,4)5)65-64(68)58-56-54-52-50-48-46-44-42-40-37-27-25-23-21-19-17-15-13-11-9-7-2/h25,27,62-63,67H,6-24,26,28-61H2,1-5H3,(H-,65,68,69,70)/b27-25-. The molecule has 3 unspecified atom stereocenters. The van der Waals surface area contributed by atoms with Crippen LogP contribution in [0.3, 0.4) is 0 Å². The summed E-state index contributed by atoms with van der Waals surface area (Å²) in [6, 6.07) is -0.800. The van der Waals surface area contributed by atoms with E-state index in [9.17, 15) is 19.4 Å². The summed E-state index contributed by atoms with van der Waals surface area (Å²) >= 11 is 0. The summed E-state index contributed by atoms with van der Waals surface area (Å²) in [6.07, 6.45) is 69.8. The highest BCUT2D eigenvalue weighted by Crippen LogP contribution is 2.38. The molecule has 2 N–H and O–H groups in total. The second kappa shape index (κ2) is 56.0. The molecule has 8 nitrogen and oxygen atoms in total. The van der Waals surface area contributed by atoms with Gasteiger partial charge in [0.1, 0.15) is 13.2 Å². The van der Waals surface area contributed by atoms with Crippen molar-refractivity contribution in [2.45, 2.75) is 353 Å². The zero-order valence-electron chi connectivity index (χ0n) is 49.9. The molecule has 0 spiro atoms. The van der Waals surface area contributed by atoms with Crippen LogP contribution in [0.15, 0.2) is 12.2 Å². The lowest BCUT2D eigenvalue weighted by Gasteiger charge is -2.30. The number of phosphoric ester groups is 1. The Kier molecular flexibility index (Phi) is 55.4. The van der Waals surface area contributed by atoms with Crippen molar-refractivity contribution in [3.63, 3.8) is 0 Å². The molecule has 0 saturated heterocycles. The van der Waals surface area contributed by atoms with Crippen LogP contribution in [0, 0.1) is 0 Å². The topological polar surface area (TPSA) is 108 Å². The van der Waals surface area contributed by atoms with Gasteiger partial charge in [-0.05, 0) is 38.5 Å². The minimum absolute atomic E-state index is 0.0145. The van der Waals surface area contributed by atoms with Gasteiger partial charge in [-0.2, -0.15) is 0 Å². The smallest absolute Gasteiger partial charge is 0.268 e. The molecule has 3 atom stereocenters. The van der Waals surface area contributed by atoms with E-state index in [2.05, 4.69) is 31.3 Å². The van der Waals surface area contributed by atoms with Crippen LogP contribution < -0.4 is 10.2 Å². The number of unbranched alkanes of at least 4 members (excludes halogenated alkanes) is 46. The van der Waals surface area contributed by atoms with Crippen molar-refractivity contribution < 1.29 is 32.9 Å². The van der Waals surface area contributed by atoms with Gasteiger partial charge in [0, 0.05) is 6.42 Å². The van der Waals surface area contributed by atoms with Crippen molar-refractivity contribution in [1.82, 2.24) is 5.32 Å². The first-order valence-electron chi connectivity index (χ1n) is 32.5. The van der Waals surface area contributed by atoms with Gasteiger partial charge < -0.3 is 28.8 Å². The van der Waals surface area contributed by atoms with E-state index >= 15 is 0 Å². The number of amides is 1. The monoisotopic (exact) mass is 1050 g/mol. The van der Waals surface area contributed by atoms with E-state index in [1.54, 1.807) is 0 Å². The van der Waals surface area contributed by atoms with Gasteiger partial charge in [0.2, 0.25) is 5.91 Å². The Bertz CT molecular complexity index is 1200. The van der Waals surface area contributed by atoms with Crippen LogP contribution in [0.5, 0.6) is 0 Å². The van der Waals surface area contributed by atoms with E-state index < -0.39 is 20.0 Å². The van der Waals surface area contributed by atoms with Crippen LogP contribution in [0.4, 0.5) is 0 Å². The summed E-state index contributed by atoms with van der Waals surface area (Å²) in [4.78, 5) is 25.6. The Labute approximate surface area is 456 Å². The molecule has 0 aliphatic carbocycles. The predicted molar refractivity (Wildman–Crippen MR) is 316 cm³/mol. The predicted octanol–water partition coefficient (Wildman–Crippen LogP) is 19.5. The molecular formula is C64H129N2O6P. The number of hydrogen-bond acceptors (Lipinski definition) is 6. The molecule has 0 aromatic carbocycles. The first-order valence-corrected chi connectivity index (χ1v) is 34.0. The SMILES string of the molecule is CCCCCCCCCC/C=C\CCCCCCCCCCCC(=O)NC(COP(=O)([O-])OCC[N+](C)(C)C)C(O)CCCCCCCCCCCCCCCCCCCCCCCCCCCCCCCC.